The molecule has 4 rings (SSSR count). The average Bonchev–Trinajstić information content (AvgIpc) is 3.01. The van der Waals surface area contributed by atoms with E-state index >= 15 is 0 Å². The van der Waals surface area contributed by atoms with Gasteiger partial charge >= 0.3 is 0 Å². The molecule has 24 heavy (non-hydrogen) atoms. The van der Waals surface area contributed by atoms with Gasteiger partial charge in [0.15, 0.2) is 17.8 Å². The Balaban J connectivity index is 1.65. The number of anilines is 2. The average molecular weight is 331 g/mol. The van der Waals surface area contributed by atoms with Crippen LogP contribution in [-0.4, -0.2) is 19.5 Å². The highest BCUT2D eigenvalue weighted by Crippen LogP contribution is 2.42. The van der Waals surface area contributed by atoms with Gasteiger partial charge in [0.2, 0.25) is 0 Å². The number of fused-ring (bicyclic) bond motifs is 2. The second kappa shape index (κ2) is 5.69. The maximum atomic E-state index is 8.99. The molecular formula is C16H9N7S. The number of nitriles is 1. The van der Waals surface area contributed by atoms with Crippen molar-refractivity contribution < 1.29 is 0 Å². The van der Waals surface area contributed by atoms with E-state index in [0.717, 1.165) is 27.0 Å². The van der Waals surface area contributed by atoms with Crippen molar-refractivity contribution in [2.24, 2.45) is 0 Å². The quantitative estimate of drug-likeness (QED) is 0.567. The fourth-order valence-electron chi connectivity index (χ4n) is 2.46. The minimum absolute atomic E-state index is 0.154. The molecule has 1 aliphatic heterocycles. The molecule has 0 amide bonds. The molecule has 1 N–H and O–H groups in total. The van der Waals surface area contributed by atoms with Gasteiger partial charge in [-0.3, -0.25) is 4.57 Å². The van der Waals surface area contributed by atoms with Crippen LogP contribution in [0.4, 0.5) is 17.3 Å². The maximum Gasteiger partial charge on any atom is 0.267 e. The molecule has 0 saturated heterocycles. The van der Waals surface area contributed by atoms with Gasteiger partial charge in [0.05, 0.1) is 5.69 Å². The third-order valence-electron chi connectivity index (χ3n) is 3.54. The van der Waals surface area contributed by atoms with Crippen LogP contribution in [-0.2, 0) is 6.54 Å². The highest BCUT2D eigenvalue weighted by atomic mass is 32.2. The summed E-state index contributed by atoms with van der Waals surface area (Å²) in [7, 11) is 0. The lowest BCUT2D eigenvalue weighted by Crippen LogP contribution is -2.05. The van der Waals surface area contributed by atoms with Crippen molar-refractivity contribution in [1.29, 1.82) is 5.26 Å². The fraction of sp³-hybridized carbons (Fsp3) is 0.0625. The summed E-state index contributed by atoms with van der Waals surface area (Å²) in [4.78, 5) is 17.0. The van der Waals surface area contributed by atoms with Gasteiger partial charge in [-0.05, 0) is 17.7 Å². The first-order valence-electron chi connectivity index (χ1n) is 7.00. The summed E-state index contributed by atoms with van der Waals surface area (Å²) < 4.78 is 1.68. The van der Waals surface area contributed by atoms with Crippen molar-refractivity contribution in [3.63, 3.8) is 0 Å². The second-order valence-corrected chi connectivity index (χ2v) is 6.07. The van der Waals surface area contributed by atoms with Crippen LogP contribution in [0.25, 0.3) is 4.85 Å². The van der Waals surface area contributed by atoms with Crippen molar-refractivity contribution in [3.05, 3.63) is 59.6 Å². The van der Waals surface area contributed by atoms with E-state index in [2.05, 4.69) is 25.1 Å². The van der Waals surface area contributed by atoms with E-state index in [1.807, 2.05) is 24.3 Å². The highest BCUT2D eigenvalue weighted by Gasteiger charge is 2.18. The van der Waals surface area contributed by atoms with E-state index in [1.54, 1.807) is 28.7 Å². The van der Waals surface area contributed by atoms with Gasteiger partial charge in [0.1, 0.15) is 17.6 Å². The van der Waals surface area contributed by atoms with E-state index in [9.17, 15) is 0 Å². The van der Waals surface area contributed by atoms with Crippen LogP contribution < -0.4 is 5.32 Å². The van der Waals surface area contributed by atoms with Crippen molar-refractivity contribution in [3.8, 4) is 6.07 Å². The van der Waals surface area contributed by atoms with Gasteiger partial charge in [0, 0.05) is 17.3 Å². The van der Waals surface area contributed by atoms with Crippen molar-refractivity contribution >= 4 is 29.1 Å². The summed E-state index contributed by atoms with van der Waals surface area (Å²) >= 11 is 1.57. The van der Waals surface area contributed by atoms with E-state index in [4.69, 9.17) is 11.8 Å². The van der Waals surface area contributed by atoms with Crippen molar-refractivity contribution in [1.82, 2.24) is 19.5 Å². The van der Waals surface area contributed by atoms with Gasteiger partial charge in [-0.2, -0.15) is 5.26 Å². The van der Waals surface area contributed by atoms with E-state index < -0.39 is 0 Å². The number of nitrogens with one attached hydrogen (secondary N) is 1. The van der Waals surface area contributed by atoms with E-state index in [0.29, 0.717) is 6.54 Å². The molecule has 3 heterocycles. The number of imidazole rings is 1. The monoisotopic (exact) mass is 331 g/mol. The van der Waals surface area contributed by atoms with Crippen LogP contribution in [0.15, 0.2) is 46.8 Å². The Bertz CT molecular complexity index is 1030. The normalized spacial score (nSPS) is 11.6. The molecule has 0 bridgehead atoms. The molecule has 0 fully saturated rings. The Morgan fingerprint density at radius 2 is 2.17 bits per heavy atom. The topological polar surface area (TPSA) is 83.8 Å². The SMILES string of the molecule is [C-]#[N+]c1c(C#N)ncn1Cc1ccc2c(c1)Nc1nccnc1S2. The molecular weight excluding hydrogens is 322 g/mol. The molecule has 0 radical (unpaired) electrons. The van der Waals surface area contributed by atoms with Crippen LogP contribution in [0.3, 0.4) is 0 Å². The fourth-order valence-corrected chi connectivity index (χ4v) is 3.34. The molecule has 0 spiro atoms. The van der Waals surface area contributed by atoms with E-state index in [-0.39, 0.29) is 11.5 Å². The predicted octanol–water partition coefficient (Wildman–Crippen LogP) is 3.35. The Morgan fingerprint density at radius 3 is 3.00 bits per heavy atom. The minimum atomic E-state index is 0.154. The summed E-state index contributed by atoms with van der Waals surface area (Å²) in [5, 5.41) is 13.1. The summed E-state index contributed by atoms with van der Waals surface area (Å²) in [5.74, 6) is 0.997. The zero-order chi connectivity index (χ0) is 16.5. The molecule has 1 aliphatic rings. The number of nitrogens with zero attached hydrogens (tertiary/aromatic N) is 6. The summed E-state index contributed by atoms with van der Waals surface area (Å²) in [6.45, 7) is 7.70. The number of benzene rings is 1. The first-order chi connectivity index (χ1) is 11.8. The molecule has 0 atom stereocenters. The molecule has 3 aromatic rings. The van der Waals surface area contributed by atoms with Crippen LogP contribution in [0.1, 0.15) is 11.3 Å². The second-order valence-electron chi connectivity index (χ2n) is 5.04. The minimum Gasteiger partial charge on any atom is -0.361 e. The first kappa shape index (κ1) is 14.2. The molecule has 0 aliphatic carbocycles. The Hall–Kier alpha value is -3.36. The first-order valence-corrected chi connectivity index (χ1v) is 7.81. The van der Waals surface area contributed by atoms with Crippen LogP contribution in [0.5, 0.6) is 0 Å². The number of rotatable bonds is 2. The lowest BCUT2D eigenvalue weighted by Gasteiger charge is -2.19. The lowest BCUT2D eigenvalue weighted by molar-refractivity contribution is 0.810. The summed E-state index contributed by atoms with van der Waals surface area (Å²) in [6, 6.07) is 7.96. The standard InChI is InChI=1S/C16H9N7S/c1-18-15-12(7-17)21-9-23(15)8-10-2-3-13-11(6-10)22-14-16(24-13)20-5-4-19-14/h2-6,9H,8H2,(H,19,22). The molecule has 114 valence electrons. The predicted molar refractivity (Wildman–Crippen MR) is 88.2 cm³/mol. The smallest absolute Gasteiger partial charge is 0.267 e. The van der Waals surface area contributed by atoms with Gasteiger partial charge in [0.25, 0.3) is 5.82 Å². The zero-order valence-corrected chi connectivity index (χ0v) is 13.1. The molecule has 8 heteroatoms. The molecule has 7 nitrogen and oxygen atoms in total. The molecule has 0 saturated carbocycles. The van der Waals surface area contributed by atoms with Crippen LogP contribution in [0, 0.1) is 17.9 Å². The van der Waals surface area contributed by atoms with Crippen molar-refractivity contribution in [2.75, 3.05) is 5.32 Å². The Morgan fingerprint density at radius 1 is 1.29 bits per heavy atom. The van der Waals surface area contributed by atoms with E-state index in [1.165, 1.54) is 6.33 Å². The number of aromatic nitrogens is 4. The van der Waals surface area contributed by atoms with Crippen LogP contribution in [0.2, 0.25) is 0 Å². The number of hydrogen-bond donors (Lipinski definition) is 1. The largest absolute Gasteiger partial charge is 0.361 e. The molecule has 1 aromatic carbocycles. The Labute approximate surface area is 141 Å². The number of hydrogen-bond acceptors (Lipinski definition) is 6. The highest BCUT2D eigenvalue weighted by molar-refractivity contribution is 7.99. The maximum absolute atomic E-state index is 8.99. The van der Waals surface area contributed by atoms with Crippen molar-refractivity contribution in [2.45, 2.75) is 16.5 Å². The Kier molecular flexibility index (Phi) is 3.38. The van der Waals surface area contributed by atoms with Crippen LogP contribution >= 0.6 is 11.8 Å². The van der Waals surface area contributed by atoms with Gasteiger partial charge in [-0.15, -0.1) is 0 Å². The summed E-state index contributed by atoms with van der Waals surface area (Å²) in [6.07, 6.45) is 4.84. The third kappa shape index (κ3) is 2.35. The van der Waals surface area contributed by atoms with Gasteiger partial charge < -0.3 is 10.2 Å². The molecule has 0 unspecified atom stereocenters. The zero-order valence-electron chi connectivity index (χ0n) is 12.3. The molecule has 2 aromatic heterocycles. The van der Waals surface area contributed by atoms with Gasteiger partial charge in [-0.1, -0.05) is 24.4 Å². The third-order valence-corrected chi connectivity index (χ3v) is 4.61. The summed E-state index contributed by atoms with van der Waals surface area (Å²) in [5.41, 5.74) is 2.11. The van der Waals surface area contributed by atoms with Gasteiger partial charge in [-0.25, -0.2) is 15.0 Å². The lowest BCUT2D eigenvalue weighted by atomic mass is 10.2.